The first kappa shape index (κ1) is 17.4. The van der Waals surface area contributed by atoms with Gasteiger partial charge < -0.3 is 0 Å². The van der Waals surface area contributed by atoms with Crippen molar-refractivity contribution in [1.82, 2.24) is 19.4 Å². The van der Waals surface area contributed by atoms with E-state index in [4.69, 9.17) is 0 Å². The van der Waals surface area contributed by atoms with E-state index < -0.39 is 5.67 Å². The van der Waals surface area contributed by atoms with Gasteiger partial charge in [0.2, 0.25) is 11.9 Å². The van der Waals surface area contributed by atoms with E-state index in [2.05, 4.69) is 19.9 Å². The molecule has 140 valence electrons. The Kier molecular flexibility index (Phi) is 4.42. The zero-order valence-corrected chi connectivity index (χ0v) is 15.5. The number of carbonyl (C=O) groups is 1. The zero-order chi connectivity index (χ0) is 18.3. The first-order chi connectivity index (χ1) is 12.4. The molecule has 0 bridgehead atoms. The Balaban J connectivity index is 1.54. The van der Waals surface area contributed by atoms with Crippen molar-refractivity contribution >= 4 is 23.0 Å². The molecule has 0 radical (unpaired) electrons. The highest BCUT2D eigenvalue weighted by molar-refractivity contribution is 5.92. The minimum Gasteiger partial charge on any atom is -0.295 e. The van der Waals surface area contributed by atoms with Crippen LogP contribution in [0.2, 0.25) is 0 Å². The third kappa shape index (κ3) is 3.45. The standard InChI is InChI=1S/C19H26FN5O/c1-13-7-8-15-17(21-13)25(14-5-3-6-14)18(22-15)23-16(26)11-24-10-4-9-19(2,20)12-24/h7-8,14H,3-6,9-12H2,1-2H3,(H,22,23,26). The van der Waals surface area contributed by atoms with Crippen LogP contribution in [0, 0.1) is 6.92 Å². The maximum Gasteiger partial charge on any atom is 0.240 e. The Labute approximate surface area is 152 Å². The van der Waals surface area contributed by atoms with Crippen LogP contribution in [-0.4, -0.2) is 50.6 Å². The van der Waals surface area contributed by atoms with Gasteiger partial charge in [-0.25, -0.2) is 14.4 Å². The Morgan fingerprint density at radius 3 is 2.85 bits per heavy atom. The Morgan fingerprint density at radius 1 is 1.35 bits per heavy atom. The highest BCUT2D eigenvalue weighted by Gasteiger charge is 2.32. The van der Waals surface area contributed by atoms with Gasteiger partial charge in [0.05, 0.1) is 6.54 Å². The van der Waals surface area contributed by atoms with E-state index in [1.54, 1.807) is 6.92 Å². The minimum absolute atomic E-state index is 0.143. The van der Waals surface area contributed by atoms with Crippen molar-refractivity contribution in [2.24, 2.45) is 0 Å². The molecule has 1 saturated carbocycles. The van der Waals surface area contributed by atoms with Gasteiger partial charge in [0.1, 0.15) is 11.2 Å². The number of likely N-dealkylation sites (tertiary alicyclic amines) is 1. The van der Waals surface area contributed by atoms with Gasteiger partial charge in [-0.15, -0.1) is 0 Å². The number of halogens is 1. The number of piperidine rings is 1. The molecule has 26 heavy (non-hydrogen) atoms. The number of nitrogens with one attached hydrogen (secondary N) is 1. The van der Waals surface area contributed by atoms with E-state index >= 15 is 0 Å². The number of imidazole rings is 1. The molecular formula is C19H26FN5O. The van der Waals surface area contributed by atoms with Crippen LogP contribution in [0.4, 0.5) is 10.3 Å². The van der Waals surface area contributed by atoms with Crippen LogP contribution in [0.1, 0.15) is 50.8 Å². The Morgan fingerprint density at radius 2 is 2.15 bits per heavy atom. The number of nitrogens with zero attached hydrogens (tertiary/aromatic N) is 4. The van der Waals surface area contributed by atoms with Crippen LogP contribution in [0.15, 0.2) is 12.1 Å². The van der Waals surface area contributed by atoms with Crippen molar-refractivity contribution in [3.05, 3.63) is 17.8 Å². The Hall–Kier alpha value is -2.02. The third-order valence-electron chi connectivity index (χ3n) is 5.46. The number of rotatable bonds is 4. The summed E-state index contributed by atoms with van der Waals surface area (Å²) in [5, 5.41) is 2.95. The SMILES string of the molecule is Cc1ccc2nc(NC(=O)CN3CCCC(C)(F)C3)n(C3CCC3)c2n1. The largest absolute Gasteiger partial charge is 0.295 e. The highest BCUT2D eigenvalue weighted by Crippen LogP contribution is 2.36. The summed E-state index contributed by atoms with van der Waals surface area (Å²) < 4.78 is 16.3. The summed E-state index contributed by atoms with van der Waals surface area (Å²) in [7, 11) is 0. The van der Waals surface area contributed by atoms with Gasteiger partial charge in [0.15, 0.2) is 5.65 Å². The maximum absolute atomic E-state index is 14.2. The molecule has 1 unspecified atom stereocenters. The fourth-order valence-electron chi connectivity index (χ4n) is 3.95. The molecule has 2 aromatic heterocycles. The quantitative estimate of drug-likeness (QED) is 0.910. The van der Waals surface area contributed by atoms with Gasteiger partial charge in [-0.05, 0) is 64.6 Å². The van der Waals surface area contributed by atoms with Crippen LogP contribution < -0.4 is 5.32 Å². The average molecular weight is 359 g/mol. The van der Waals surface area contributed by atoms with Crippen molar-refractivity contribution in [1.29, 1.82) is 0 Å². The molecule has 4 rings (SSSR count). The summed E-state index contributed by atoms with van der Waals surface area (Å²) in [6, 6.07) is 4.22. The van der Waals surface area contributed by atoms with Gasteiger partial charge >= 0.3 is 0 Å². The molecule has 2 fully saturated rings. The van der Waals surface area contributed by atoms with E-state index in [1.807, 2.05) is 24.0 Å². The molecule has 3 heterocycles. The fourth-order valence-corrected chi connectivity index (χ4v) is 3.95. The maximum atomic E-state index is 14.2. The zero-order valence-electron chi connectivity index (χ0n) is 15.5. The molecule has 2 aliphatic rings. The number of hydrogen-bond donors (Lipinski definition) is 1. The lowest BCUT2D eigenvalue weighted by Gasteiger charge is -2.34. The van der Waals surface area contributed by atoms with Crippen LogP contribution in [0.5, 0.6) is 0 Å². The summed E-state index contributed by atoms with van der Waals surface area (Å²) >= 11 is 0. The van der Waals surface area contributed by atoms with Crippen LogP contribution in [0.3, 0.4) is 0 Å². The first-order valence-corrected chi connectivity index (χ1v) is 9.48. The van der Waals surface area contributed by atoms with Crippen molar-refractivity contribution in [3.63, 3.8) is 0 Å². The number of amides is 1. The molecular weight excluding hydrogens is 333 g/mol. The van der Waals surface area contributed by atoms with Gasteiger partial charge in [-0.2, -0.15) is 0 Å². The number of pyridine rings is 1. The molecule has 1 aliphatic heterocycles. The summed E-state index contributed by atoms with van der Waals surface area (Å²) in [4.78, 5) is 23.7. The number of aromatic nitrogens is 3. The summed E-state index contributed by atoms with van der Waals surface area (Å²) in [5.41, 5.74) is 1.36. The normalized spacial score (nSPS) is 24.6. The van der Waals surface area contributed by atoms with E-state index in [9.17, 15) is 9.18 Å². The molecule has 1 atom stereocenters. The second-order valence-corrected chi connectivity index (χ2v) is 7.96. The van der Waals surface area contributed by atoms with E-state index in [0.717, 1.165) is 42.7 Å². The van der Waals surface area contributed by atoms with Crippen molar-refractivity contribution in [2.45, 2.75) is 57.7 Å². The number of anilines is 1. The van der Waals surface area contributed by atoms with Crippen molar-refractivity contribution < 1.29 is 9.18 Å². The summed E-state index contributed by atoms with van der Waals surface area (Å²) in [5.74, 6) is 0.420. The Bertz CT molecular complexity index is 827. The number of carbonyl (C=O) groups excluding carboxylic acids is 1. The van der Waals surface area contributed by atoms with Gasteiger partial charge in [0.25, 0.3) is 0 Å². The number of fused-ring (bicyclic) bond motifs is 1. The van der Waals surface area contributed by atoms with E-state index in [0.29, 0.717) is 25.0 Å². The van der Waals surface area contributed by atoms with Crippen LogP contribution in [-0.2, 0) is 4.79 Å². The number of hydrogen-bond acceptors (Lipinski definition) is 4. The molecule has 1 N–H and O–H groups in total. The molecule has 1 amide bonds. The average Bonchev–Trinajstić information content (AvgIpc) is 2.82. The minimum atomic E-state index is -1.21. The first-order valence-electron chi connectivity index (χ1n) is 9.48. The number of aryl methyl sites for hydroxylation is 1. The highest BCUT2D eigenvalue weighted by atomic mass is 19.1. The number of alkyl halides is 1. The van der Waals surface area contributed by atoms with Crippen LogP contribution >= 0.6 is 0 Å². The molecule has 6 nitrogen and oxygen atoms in total. The fraction of sp³-hybridized carbons (Fsp3) is 0.632. The molecule has 0 spiro atoms. The molecule has 7 heteroatoms. The topological polar surface area (TPSA) is 63.1 Å². The van der Waals surface area contributed by atoms with E-state index in [1.165, 1.54) is 6.42 Å². The predicted octanol–water partition coefficient (Wildman–Crippen LogP) is 3.23. The lowest BCUT2D eigenvalue weighted by Crippen LogP contribution is -2.46. The van der Waals surface area contributed by atoms with Gasteiger partial charge in [0, 0.05) is 18.3 Å². The summed E-state index contributed by atoms with van der Waals surface area (Å²) in [6.45, 7) is 4.83. The van der Waals surface area contributed by atoms with Crippen LogP contribution in [0.25, 0.3) is 11.2 Å². The lowest BCUT2D eigenvalue weighted by molar-refractivity contribution is -0.118. The van der Waals surface area contributed by atoms with Gasteiger partial charge in [-0.1, -0.05) is 0 Å². The monoisotopic (exact) mass is 359 g/mol. The summed E-state index contributed by atoms with van der Waals surface area (Å²) in [6.07, 6.45) is 4.69. The van der Waals surface area contributed by atoms with Crippen molar-refractivity contribution in [3.8, 4) is 0 Å². The lowest BCUT2D eigenvalue weighted by atomic mass is 9.93. The van der Waals surface area contributed by atoms with Crippen molar-refractivity contribution in [2.75, 3.05) is 25.0 Å². The second-order valence-electron chi connectivity index (χ2n) is 7.96. The molecule has 1 aliphatic carbocycles. The second kappa shape index (κ2) is 6.61. The molecule has 2 aromatic rings. The predicted molar refractivity (Wildman–Crippen MR) is 99.0 cm³/mol. The molecule has 0 aromatic carbocycles. The smallest absolute Gasteiger partial charge is 0.240 e. The third-order valence-corrected chi connectivity index (χ3v) is 5.46. The van der Waals surface area contributed by atoms with E-state index in [-0.39, 0.29) is 12.5 Å². The molecule has 1 saturated heterocycles. The van der Waals surface area contributed by atoms with Gasteiger partial charge in [-0.3, -0.25) is 19.6 Å².